The largest absolute Gasteiger partial charge is 0.467 e. The third-order valence-corrected chi connectivity index (χ3v) is 1.93. The van der Waals surface area contributed by atoms with E-state index in [-0.39, 0.29) is 0 Å². The van der Waals surface area contributed by atoms with Gasteiger partial charge in [0.15, 0.2) is 6.79 Å². The standard InChI is InChI=1S/C11H16O2/c1-8-5-9(2)11(10(3)6-8)13-7-12-4/h5-6H,7H2,1-4H3. The molecule has 0 bridgehead atoms. The van der Waals surface area contributed by atoms with Gasteiger partial charge in [0.1, 0.15) is 5.75 Å². The van der Waals surface area contributed by atoms with Crippen LogP contribution in [0.5, 0.6) is 5.75 Å². The molecule has 0 saturated carbocycles. The maximum Gasteiger partial charge on any atom is 0.188 e. The number of hydrogen-bond acceptors (Lipinski definition) is 2. The number of ether oxygens (including phenoxy) is 2. The summed E-state index contributed by atoms with van der Waals surface area (Å²) in [5, 5.41) is 0. The van der Waals surface area contributed by atoms with Crippen LogP contribution in [-0.2, 0) is 4.74 Å². The van der Waals surface area contributed by atoms with Crippen LogP contribution in [0.3, 0.4) is 0 Å². The van der Waals surface area contributed by atoms with Crippen molar-refractivity contribution in [2.24, 2.45) is 0 Å². The molecule has 0 fully saturated rings. The lowest BCUT2D eigenvalue weighted by Crippen LogP contribution is -2.02. The second-order valence-electron chi connectivity index (χ2n) is 3.28. The van der Waals surface area contributed by atoms with Gasteiger partial charge in [-0.3, -0.25) is 0 Å². The fourth-order valence-electron chi connectivity index (χ4n) is 1.51. The minimum absolute atomic E-state index is 0.310. The smallest absolute Gasteiger partial charge is 0.188 e. The highest BCUT2D eigenvalue weighted by atomic mass is 16.7. The second kappa shape index (κ2) is 4.28. The molecule has 13 heavy (non-hydrogen) atoms. The lowest BCUT2D eigenvalue weighted by Gasteiger charge is -2.11. The van der Waals surface area contributed by atoms with Crippen LogP contribution in [-0.4, -0.2) is 13.9 Å². The molecule has 0 amide bonds. The maximum absolute atomic E-state index is 5.45. The van der Waals surface area contributed by atoms with Crippen LogP contribution in [0.4, 0.5) is 0 Å². The monoisotopic (exact) mass is 180 g/mol. The number of benzene rings is 1. The Kier molecular flexibility index (Phi) is 3.32. The molecule has 2 nitrogen and oxygen atoms in total. The molecule has 2 heteroatoms. The molecular weight excluding hydrogens is 164 g/mol. The van der Waals surface area contributed by atoms with E-state index in [1.54, 1.807) is 7.11 Å². The molecule has 0 radical (unpaired) electrons. The summed E-state index contributed by atoms with van der Waals surface area (Å²) in [6.07, 6.45) is 0. The van der Waals surface area contributed by atoms with Crippen LogP contribution in [0.1, 0.15) is 16.7 Å². The summed E-state index contributed by atoms with van der Waals surface area (Å²) in [5.41, 5.74) is 3.59. The van der Waals surface area contributed by atoms with Crippen molar-refractivity contribution < 1.29 is 9.47 Å². The van der Waals surface area contributed by atoms with E-state index < -0.39 is 0 Å². The summed E-state index contributed by atoms with van der Waals surface area (Å²) in [6, 6.07) is 4.22. The Hall–Kier alpha value is -1.02. The summed E-state index contributed by atoms with van der Waals surface area (Å²) in [5.74, 6) is 0.937. The molecule has 0 aliphatic rings. The first-order valence-corrected chi connectivity index (χ1v) is 4.34. The van der Waals surface area contributed by atoms with Crippen LogP contribution >= 0.6 is 0 Å². The van der Waals surface area contributed by atoms with Gasteiger partial charge in [-0.05, 0) is 31.9 Å². The van der Waals surface area contributed by atoms with Crippen LogP contribution in [0.25, 0.3) is 0 Å². The van der Waals surface area contributed by atoms with Crippen LogP contribution in [0.2, 0.25) is 0 Å². The van der Waals surface area contributed by atoms with Crippen molar-refractivity contribution in [3.8, 4) is 5.75 Å². The van der Waals surface area contributed by atoms with Gasteiger partial charge in [0.2, 0.25) is 0 Å². The maximum atomic E-state index is 5.45. The summed E-state index contributed by atoms with van der Waals surface area (Å²) in [7, 11) is 1.62. The topological polar surface area (TPSA) is 18.5 Å². The van der Waals surface area contributed by atoms with Gasteiger partial charge in [-0.25, -0.2) is 0 Å². The lowest BCUT2D eigenvalue weighted by molar-refractivity contribution is 0.0501. The Morgan fingerprint density at radius 3 is 2.08 bits per heavy atom. The van der Waals surface area contributed by atoms with Gasteiger partial charge in [0.05, 0.1) is 0 Å². The van der Waals surface area contributed by atoms with Gasteiger partial charge in [0.25, 0.3) is 0 Å². The van der Waals surface area contributed by atoms with Gasteiger partial charge in [-0.1, -0.05) is 17.7 Å². The molecule has 0 heterocycles. The van der Waals surface area contributed by atoms with Crippen molar-refractivity contribution in [3.05, 3.63) is 28.8 Å². The minimum atomic E-state index is 0.310. The molecule has 0 atom stereocenters. The SMILES string of the molecule is COCOc1c(C)cc(C)cc1C. The number of rotatable bonds is 3. The fourth-order valence-corrected chi connectivity index (χ4v) is 1.51. The Labute approximate surface area is 79.5 Å². The average molecular weight is 180 g/mol. The summed E-state index contributed by atoms with van der Waals surface area (Å²) < 4.78 is 10.3. The molecule has 0 aromatic heterocycles. The van der Waals surface area contributed by atoms with E-state index in [2.05, 4.69) is 19.1 Å². The van der Waals surface area contributed by atoms with E-state index in [0.29, 0.717) is 6.79 Å². The highest BCUT2D eigenvalue weighted by Crippen LogP contribution is 2.24. The van der Waals surface area contributed by atoms with Crippen LogP contribution < -0.4 is 4.74 Å². The Bertz CT molecular complexity index is 269. The van der Waals surface area contributed by atoms with Crippen LogP contribution in [0.15, 0.2) is 12.1 Å². The van der Waals surface area contributed by atoms with Crippen molar-refractivity contribution in [1.82, 2.24) is 0 Å². The van der Waals surface area contributed by atoms with Crippen molar-refractivity contribution >= 4 is 0 Å². The van der Waals surface area contributed by atoms with Gasteiger partial charge in [-0.15, -0.1) is 0 Å². The Morgan fingerprint density at radius 1 is 1.08 bits per heavy atom. The highest BCUT2D eigenvalue weighted by molar-refractivity contribution is 5.42. The van der Waals surface area contributed by atoms with Crippen molar-refractivity contribution in [2.75, 3.05) is 13.9 Å². The van der Waals surface area contributed by atoms with Crippen molar-refractivity contribution in [2.45, 2.75) is 20.8 Å². The van der Waals surface area contributed by atoms with E-state index in [4.69, 9.17) is 9.47 Å². The molecule has 72 valence electrons. The van der Waals surface area contributed by atoms with E-state index >= 15 is 0 Å². The first-order valence-electron chi connectivity index (χ1n) is 4.34. The third kappa shape index (κ3) is 2.46. The third-order valence-electron chi connectivity index (χ3n) is 1.93. The summed E-state index contributed by atoms with van der Waals surface area (Å²) in [4.78, 5) is 0. The molecule has 1 aromatic carbocycles. The first-order chi connectivity index (χ1) is 6.15. The zero-order valence-electron chi connectivity index (χ0n) is 8.68. The molecule has 0 unspecified atom stereocenters. The summed E-state index contributed by atoms with van der Waals surface area (Å²) in [6.45, 7) is 6.49. The van der Waals surface area contributed by atoms with Gasteiger partial charge < -0.3 is 9.47 Å². The minimum Gasteiger partial charge on any atom is -0.467 e. The average Bonchev–Trinajstić information content (AvgIpc) is 2.02. The first kappa shape index (κ1) is 10.1. The van der Waals surface area contributed by atoms with Crippen molar-refractivity contribution in [1.29, 1.82) is 0 Å². The predicted octanol–water partition coefficient (Wildman–Crippen LogP) is 2.59. The predicted molar refractivity (Wildman–Crippen MR) is 53.2 cm³/mol. The quantitative estimate of drug-likeness (QED) is 0.666. The van der Waals surface area contributed by atoms with Gasteiger partial charge >= 0.3 is 0 Å². The van der Waals surface area contributed by atoms with Crippen molar-refractivity contribution in [3.63, 3.8) is 0 Å². The van der Waals surface area contributed by atoms with Gasteiger partial charge in [-0.2, -0.15) is 0 Å². The number of methoxy groups -OCH3 is 1. The molecular formula is C11H16O2. The number of aryl methyl sites for hydroxylation is 3. The van der Waals surface area contributed by atoms with Gasteiger partial charge in [0, 0.05) is 7.11 Å². The fraction of sp³-hybridized carbons (Fsp3) is 0.455. The normalized spacial score (nSPS) is 10.2. The molecule has 0 N–H and O–H groups in total. The summed E-state index contributed by atoms with van der Waals surface area (Å²) >= 11 is 0. The van der Waals surface area contributed by atoms with E-state index in [1.165, 1.54) is 5.56 Å². The Morgan fingerprint density at radius 2 is 1.62 bits per heavy atom. The molecule has 1 aromatic rings. The Balaban J connectivity index is 2.92. The zero-order valence-corrected chi connectivity index (χ0v) is 8.68. The molecule has 1 rings (SSSR count). The molecule has 0 saturated heterocycles. The van der Waals surface area contributed by atoms with E-state index in [0.717, 1.165) is 16.9 Å². The highest BCUT2D eigenvalue weighted by Gasteiger charge is 2.03. The molecule has 0 aliphatic carbocycles. The lowest BCUT2D eigenvalue weighted by atomic mass is 10.1. The number of hydrogen-bond donors (Lipinski definition) is 0. The zero-order chi connectivity index (χ0) is 9.84. The second-order valence-corrected chi connectivity index (χ2v) is 3.28. The molecule has 0 aliphatic heterocycles. The van der Waals surface area contributed by atoms with Crippen LogP contribution in [0, 0.1) is 20.8 Å². The molecule has 0 spiro atoms. The van der Waals surface area contributed by atoms with E-state index in [1.807, 2.05) is 13.8 Å². The van der Waals surface area contributed by atoms with E-state index in [9.17, 15) is 0 Å².